The van der Waals surface area contributed by atoms with E-state index >= 15 is 0 Å². The zero-order valence-corrected chi connectivity index (χ0v) is 12.3. The molecule has 18 heavy (non-hydrogen) atoms. The van der Waals surface area contributed by atoms with E-state index in [4.69, 9.17) is 4.74 Å². The van der Waals surface area contributed by atoms with Gasteiger partial charge in [0.25, 0.3) is 0 Å². The predicted octanol–water partition coefficient (Wildman–Crippen LogP) is 2.54. The first kappa shape index (κ1) is 15.0. The summed E-state index contributed by atoms with van der Waals surface area (Å²) >= 11 is 0. The normalized spacial score (nSPS) is 12.4. The lowest BCUT2D eigenvalue weighted by atomic mass is 10.1. The second-order valence-electron chi connectivity index (χ2n) is 4.86. The monoisotopic (exact) mass is 271 g/mol. The predicted molar refractivity (Wildman–Crippen MR) is 72.5 cm³/mol. The highest BCUT2D eigenvalue weighted by molar-refractivity contribution is 7.91. The molecule has 0 aliphatic rings. The van der Waals surface area contributed by atoms with Gasteiger partial charge in [0, 0.05) is 6.26 Å². The fourth-order valence-corrected chi connectivity index (χ4v) is 1.85. The molecule has 0 amide bonds. The third-order valence-corrected chi connectivity index (χ3v) is 5.11. The Balaban J connectivity index is 2.83. The van der Waals surface area contributed by atoms with Gasteiger partial charge in [-0.1, -0.05) is 13.3 Å². The molecule has 0 bridgehead atoms. The summed E-state index contributed by atoms with van der Waals surface area (Å²) in [5.41, 5.74) is 0.535. The third kappa shape index (κ3) is 3.45. The molecule has 0 N–H and O–H groups in total. The minimum Gasteiger partial charge on any atom is -0.492 e. The molecule has 1 aromatic rings. The number of nitrogens with zero attached hydrogens (tertiary/aromatic N) is 1. The van der Waals surface area contributed by atoms with Gasteiger partial charge in [-0.25, -0.2) is 8.42 Å². The van der Waals surface area contributed by atoms with Crippen LogP contribution in [-0.4, -0.2) is 26.3 Å². The third-order valence-electron chi connectivity index (χ3n) is 3.05. The molecular weight excluding hydrogens is 250 g/mol. The Labute approximate surface area is 109 Å². The fourth-order valence-electron chi connectivity index (χ4n) is 1.35. The van der Waals surface area contributed by atoms with Gasteiger partial charge < -0.3 is 4.74 Å². The molecule has 0 atom stereocenters. The molecule has 0 saturated heterocycles. The Hall–Kier alpha value is -1.10. The molecule has 0 aliphatic heterocycles. The molecule has 0 aliphatic carbocycles. The number of aromatic nitrogens is 1. The second kappa shape index (κ2) is 5.69. The van der Waals surface area contributed by atoms with Gasteiger partial charge in [-0.15, -0.1) is 0 Å². The summed E-state index contributed by atoms with van der Waals surface area (Å²) in [6, 6.07) is 3.48. The van der Waals surface area contributed by atoms with Crippen LogP contribution in [-0.2, 0) is 14.6 Å². The van der Waals surface area contributed by atoms with Gasteiger partial charge in [-0.2, -0.15) is 0 Å². The smallest absolute Gasteiger partial charge is 0.158 e. The van der Waals surface area contributed by atoms with Crippen LogP contribution in [0.25, 0.3) is 0 Å². The molecule has 0 spiro atoms. The average molecular weight is 271 g/mol. The molecule has 5 heteroatoms. The van der Waals surface area contributed by atoms with E-state index in [1.165, 1.54) is 6.26 Å². The zero-order chi connectivity index (χ0) is 13.8. The van der Waals surface area contributed by atoms with Crippen molar-refractivity contribution in [3.63, 3.8) is 0 Å². The van der Waals surface area contributed by atoms with Crippen LogP contribution in [0.15, 0.2) is 18.3 Å². The van der Waals surface area contributed by atoms with E-state index in [9.17, 15) is 8.42 Å². The molecule has 0 fully saturated rings. The van der Waals surface area contributed by atoms with Crippen molar-refractivity contribution in [3.8, 4) is 5.75 Å². The van der Waals surface area contributed by atoms with Crippen molar-refractivity contribution in [2.24, 2.45) is 0 Å². The molecule has 0 radical (unpaired) electrons. The number of pyridine rings is 1. The number of hydrogen-bond acceptors (Lipinski definition) is 4. The number of rotatable bonds is 6. The maximum Gasteiger partial charge on any atom is 0.158 e. The maximum absolute atomic E-state index is 11.7. The molecule has 0 aromatic carbocycles. The van der Waals surface area contributed by atoms with Crippen LogP contribution in [0, 0.1) is 0 Å². The van der Waals surface area contributed by atoms with E-state index in [0.717, 1.165) is 12.8 Å². The minimum atomic E-state index is -3.19. The fraction of sp³-hybridized carbons (Fsp3) is 0.615. The highest BCUT2D eigenvalue weighted by Gasteiger charge is 2.33. The summed E-state index contributed by atoms with van der Waals surface area (Å²) in [6.45, 7) is 6.07. The lowest BCUT2D eigenvalue weighted by Crippen LogP contribution is -2.29. The van der Waals surface area contributed by atoms with E-state index in [-0.39, 0.29) is 0 Å². The molecule has 0 unspecified atom stereocenters. The van der Waals surface area contributed by atoms with Crippen LogP contribution < -0.4 is 4.74 Å². The highest BCUT2D eigenvalue weighted by Crippen LogP contribution is 2.28. The first-order valence-electron chi connectivity index (χ1n) is 6.08. The Bertz CT molecular complexity index is 477. The summed E-state index contributed by atoms with van der Waals surface area (Å²) in [5.74, 6) is 0.677. The van der Waals surface area contributed by atoms with Crippen LogP contribution in [0.1, 0.15) is 39.3 Å². The molecule has 1 heterocycles. The Kier molecular flexibility index (Phi) is 4.73. The summed E-state index contributed by atoms with van der Waals surface area (Å²) in [5, 5.41) is 0. The number of ether oxygens (including phenoxy) is 1. The van der Waals surface area contributed by atoms with Gasteiger partial charge >= 0.3 is 0 Å². The number of hydrogen-bond donors (Lipinski definition) is 0. The van der Waals surface area contributed by atoms with E-state index < -0.39 is 14.6 Å². The van der Waals surface area contributed by atoms with Gasteiger partial charge in [0.15, 0.2) is 9.84 Å². The van der Waals surface area contributed by atoms with Crippen molar-refractivity contribution in [2.75, 3.05) is 12.9 Å². The second-order valence-corrected chi connectivity index (χ2v) is 7.43. The van der Waals surface area contributed by atoms with Crippen LogP contribution >= 0.6 is 0 Å². The standard InChI is InChI=1S/C13H21NO3S/c1-5-6-9-17-11-7-8-12(14-10-11)13(2,3)18(4,15)16/h7-8,10H,5-6,9H2,1-4H3. The van der Waals surface area contributed by atoms with E-state index in [0.29, 0.717) is 18.1 Å². The van der Waals surface area contributed by atoms with Gasteiger partial charge in [-0.3, -0.25) is 4.98 Å². The Morgan fingerprint density at radius 1 is 1.33 bits per heavy atom. The number of sulfone groups is 1. The quantitative estimate of drug-likeness (QED) is 0.746. The summed E-state index contributed by atoms with van der Waals surface area (Å²) in [4.78, 5) is 4.19. The van der Waals surface area contributed by atoms with Gasteiger partial charge in [0.2, 0.25) is 0 Å². The van der Waals surface area contributed by atoms with E-state index in [1.54, 1.807) is 32.2 Å². The molecule has 1 rings (SSSR count). The lowest BCUT2D eigenvalue weighted by Gasteiger charge is -2.21. The van der Waals surface area contributed by atoms with E-state index in [1.807, 2.05) is 0 Å². The van der Waals surface area contributed by atoms with Gasteiger partial charge in [-0.05, 0) is 32.4 Å². The molecule has 1 aromatic heterocycles. The Morgan fingerprint density at radius 3 is 2.44 bits per heavy atom. The topological polar surface area (TPSA) is 56.3 Å². The Morgan fingerprint density at radius 2 is 2.00 bits per heavy atom. The van der Waals surface area contributed by atoms with Crippen LogP contribution in [0.2, 0.25) is 0 Å². The largest absolute Gasteiger partial charge is 0.492 e. The first-order chi connectivity index (χ1) is 8.29. The zero-order valence-electron chi connectivity index (χ0n) is 11.4. The summed E-state index contributed by atoms with van der Waals surface area (Å²) in [7, 11) is -3.19. The van der Waals surface area contributed by atoms with Gasteiger partial charge in [0.1, 0.15) is 10.5 Å². The molecular formula is C13H21NO3S. The van der Waals surface area contributed by atoms with Crippen molar-refractivity contribution in [2.45, 2.75) is 38.4 Å². The lowest BCUT2D eigenvalue weighted by molar-refractivity contribution is 0.308. The van der Waals surface area contributed by atoms with E-state index in [2.05, 4.69) is 11.9 Å². The van der Waals surface area contributed by atoms with Crippen molar-refractivity contribution in [3.05, 3.63) is 24.0 Å². The number of unbranched alkanes of at least 4 members (excludes halogenated alkanes) is 1. The van der Waals surface area contributed by atoms with Crippen molar-refractivity contribution < 1.29 is 13.2 Å². The van der Waals surface area contributed by atoms with Crippen LogP contribution in [0.3, 0.4) is 0 Å². The summed E-state index contributed by atoms with van der Waals surface area (Å²) < 4.78 is 27.9. The maximum atomic E-state index is 11.7. The van der Waals surface area contributed by atoms with Gasteiger partial charge in [0.05, 0.1) is 18.5 Å². The van der Waals surface area contributed by atoms with Crippen LogP contribution in [0.5, 0.6) is 5.75 Å². The summed E-state index contributed by atoms with van der Waals surface area (Å²) in [6.07, 6.45) is 4.88. The minimum absolute atomic E-state index is 0.535. The molecule has 0 saturated carbocycles. The SMILES string of the molecule is CCCCOc1ccc(C(C)(C)S(C)(=O)=O)nc1. The van der Waals surface area contributed by atoms with Crippen molar-refractivity contribution in [1.82, 2.24) is 4.98 Å². The molecule has 102 valence electrons. The van der Waals surface area contributed by atoms with Crippen molar-refractivity contribution in [1.29, 1.82) is 0 Å². The highest BCUT2D eigenvalue weighted by atomic mass is 32.2. The van der Waals surface area contributed by atoms with Crippen molar-refractivity contribution >= 4 is 9.84 Å². The molecule has 4 nitrogen and oxygen atoms in total. The average Bonchev–Trinajstić information content (AvgIpc) is 2.28. The van der Waals surface area contributed by atoms with Crippen LogP contribution in [0.4, 0.5) is 0 Å². The first-order valence-corrected chi connectivity index (χ1v) is 7.97.